The zero-order valence-corrected chi connectivity index (χ0v) is 11.7. The Balaban J connectivity index is 2.46. The van der Waals surface area contributed by atoms with Crippen LogP contribution in [0.15, 0.2) is 24.3 Å². The zero-order chi connectivity index (χ0) is 13.8. The Labute approximate surface area is 109 Å². The van der Waals surface area contributed by atoms with Gasteiger partial charge in [0.25, 0.3) is 0 Å². The topological polar surface area (TPSA) is 49.3 Å². The minimum atomic E-state index is -0.879. The van der Waals surface area contributed by atoms with Crippen molar-refractivity contribution >= 4 is 5.97 Å². The largest absolute Gasteiger partial charge is 0.478 e. The number of carboxylic acid groups (broad SMARTS) is 1. The highest BCUT2D eigenvalue weighted by Crippen LogP contribution is 2.20. The Kier molecular flexibility index (Phi) is 4.91. The van der Waals surface area contributed by atoms with Gasteiger partial charge in [-0.15, -0.1) is 0 Å². The second-order valence-corrected chi connectivity index (χ2v) is 6.05. The van der Waals surface area contributed by atoms with E-state index >= 15 is 0 Å². The van der Waals surface area contributed by atoms with Gasteiger partial charge in [0.05, 0.1) is 5.56 Å². The minimum absolute atomic E-state index is 0.319. The molecule has 1 aromatic rings. The molecule has 0 amide bonds. The Hall–Kier alpha value is -1.35. The van der Waals surface area contributed by atoms with E-state index < -0.39 is 5.97 Å². The Morgan fingerprint density at radius 2 is 1.83 bits per heavy atom. The highest BCUT2D eigenvalue weighted by molar-refractivity contribution is 5.87. The zero-order valence-electron chi connectivity index (χ0n) is 11.7. The van der Waals surface area contributed by atoms with Gasteiger partial charge in [0.2, 0.25) is 0 Å². The molecule has 1 aromatic carbocycles. The first-order chi connectivity index (χ1) is 8.28. The molecule has 0 saturated heterocycles. The van der Waals surface area contributed by atoms with Gasteiger partial charge >= 0.3 is 5.97 Å². The number of nitrogens with one attached hydrogen (secondary N) is 1. The molecule has 0 aliphatic heterocycles. The van der Waals surface area contributed by atoms with Gasteiger partial charge in [0.1, 0.15) is 0 Å². The van der Waals surface area contributed by atoms with E-state index in [0.29, 0.717) is 17.0 Å². The van der Waals surface area contributed by atoms with Gasteiger partial charge < -0.3 is 10.4 Å². The first-order valence-corrected chi connectivity index (χ1v) is 6.33. The van der Waals surface area contributed by atoms with E-state index in [0.717, 1.165) is 18.5 Å². The van der Waals surface area contributed by atoms with Gasteiger partial charge in [-0.1, -0.05) is 32.9 Å². The Morgan fingerprint density at radius 1 is 1.28 bits per heavy atom. The Bertz CT molecular complexity index is 390. The van der Waals surface area contributed by atoms with E-state index in [2.05, 4.69) is 33.0 Å². The van der Waals surface area contributed by atoms with E-state index in [9.17, 15) is 4.79 Å². The van der Waals surface area contributed by atoms with Crippen LogP contribution in [0, 0.1) is 5.41 Å². The molecule has 0 aromatic heterocycles. The average Bonchev–Trinajstić information content (AvgIpc) is 2.24. The summed E-state index contributed by atoms with van der Waals surface area (Å²) in [5, 5.41) is 12.3. The van der Waals surface area contributed by atoms with Crippen molar-refractivity contribution in [2.45, 2.75) is 46.7 Å². The maximum atomic E-state index is 10.7. The second-order valence-electron chi connectivity index (χ2n) is 6.05. The molecule has 0 radical (unpaired) electrons. The molecule has 3 nitrogen and oxygen atoms in total. The Morgan fingerprint density at radius 3 is 2.28 bits per heavy atom. The van der Waals surface area contributed by atoms with E-state index in [4.69, 9.17) is 5.11 Å². The molecule has 0 aliphatic rings. The van der Waals surface area contributed by atoms with Crippen LogP contribution in [-0.4, -0.2) is 17.1 Å². The fourth-order valence-corrected chi connectivity index (χ4v) is 2.05. The molecule has 1 atom stereocenters. The SMILES string of the molecule is CC(CC(C)(C)C)NCc1ccc(C(=O)O)cc1. The van der Waals surface area contributed by atoms with Gasteiger partial charge in [-0.2, -0.15) is 0 Å². The summed E-state index contributed by atoms with van der Waals surface area (Å²) in [5.41, 5.74) is 1.77. The lowest BCUT2D eigenvalue weighted by Crippen LogP contribution is -2.29. The predicted molar refractivity (Wildman–Crippen MR) is 73.8 cm³/mol. The van der Waals surface area contributed by atoms with Crippen LogP contribution >= 0.6 is 0 Å². The second kappa shape index (κ2) is 6.01. The van der Waals surface area contributed by atoms with Crippen LogP contribution in [0.3, 0.4) is 0 Å². The van der Waals surface area contributed by atoms with Crippen molar-refractivity contribution in [1.82, 2.24) is 5.32 Å². The summed E-state index contributed by atoms with van der Waals surface area (Å²) in [4.78, 5) is 10.7. The third kappa shape index (κ3) is 5.32. The molecule has 18 heavy (non-hydrogen) atoms. The molecule has 0 bridgehead atoms. The summed E-state index contributed by atoms with van der Waals surface area (Å²) in [7, 11) is 0. The van der Waals surface area contributed by atoms with Gasteiger partial charge in [-0.25, -0.2) is 4.79 Å². The summed E-state index contributed by atoms with van der Waals surface area (Å²) in [6.07, 6.45) is 1.11. The fourth-order valence-electron chi connectivity index (χ4n) is 2.05. The van der Waals surface area contributed by atoms with Crippen LogP contribution in [0.5, 0.6) is 0 Å². The van der Waals surface area contributed by atoms with Crippen molar-refractivity contribution in [3.63, 3.8) is 0 Å². The normalized spacial score (nSPS) is 13.3. The number of carbonyl (C=O) groups is 1. The van der Waals surface area contributed by atoms with Crippen molar-refractivity contribution in [2.75, 3.05) is 0 Å². The van der Waals surface area contributed by atoms with E-state index in [-0.39, 0.29) is 0 Å². The van der Waals surface area contributed by atoms with Gasteiger partial charge in [-0.3, -0.25) is 0 Å². The number of benzene rings is 1. The summed E-state index contributed by atoms with van der Waals surface area (Å²) in [5.74, 6) is -0.879. The average molecular weight is 249 g/mol. The lowest BCUT2D eigenvalue weighted by molar-refractivity contribution is 0.0697. The van der Waals surface area contributed by atoms with Crippen LogP contribution in [0.25, 0.3) is 0 Å². The minimum Gasteiger partial charge on any atom is -0.478 e. The summed E-state index contributed by atoms with van der Waals surface area (Å²) in [6, 6.07) is 7.46. The molecule has 0 heterocycles. The summed E-state index contributed by atoms with van der Waals surface area (Å²) < 4.78 is 0. The highest BCUT2D eigenvalue weighted by Gasteiger charge is 2.14. The molecule has 100 valence electrons. The monoisotopic (exact) mass is 249 g/mol. The maximum Gasteiger partial charge on any atom is 0.335 e. The van der Waals surface area contributed by atoms with Gasteiger partial charge in [-0.05, 0) is 36.5 Å². The van der Waals surface area contributed by atoms with Crippen molar-refractivity contribution in [2.24, 2.45) is 5.41 Å². The molecular formula is C15H23NO2. The van der Waals surface area contributed by atoms with Crippen molar-refractivity contribution in [3.8, 4) is 0 Å². The molecule has 0 aliphatic carbocycles. The quantitative estimate of drug-likeness (QED) is 0.841. The van der Waals surface area contributed by atoms with Crippen molar-refractivity contribution in [1.29, 1.82) is 0 Å². The fraction of sp³-hybridized carbons (Fsp3) is 0.533. The molecular weight excluding hydrogens is 226 g/mol. The molecule has 0 saturated carbocycles. The number of rotatable bonds is 5. The first kappa shape index (κ1) is 14.7. The van der Waals surface area contributed by atoms with Crippen LogP contribution in [0.4, 0.5) is 0 Å². The standard InChI is InChI=1S/C15H23NO2/c1-11(9-15(2,3)4)16-10-12-5-7-13(8-6-12)14(17)18/h5-8,11,16H,9-10H2,1-4H3,(H,17,18). The van der Waals surface area contributed by atoms with Crippen LogP contribution in [0.2, 0.25) is 0 Å². The molecule has 3 heteroatoms. The van der Waals surface area contributed by atoms with Crippen LogP contribution in [-0.2, 0) is 6.54 Å². The predicted octanol–water partition coefficient (Wildman–Crippen LogP) is 3.30. The molecule has 1 rings (SSSR count). The van der Waals surface area contributed by atoms with E-state index in [1.54, 1.807) is 12.1 Å². The molecule has 0 spiro atoms. The van der Waals surface area contributed by atoms with Crippen molar-refractivity contribution in [3.05, 3.63) is 35.4 Å². The highest BCUT2D eigenvalue weighted by atomic mass is 16.4. The number of hydrogen-bond acceptors (Lipinski definition) is 2. The smallest absolute Gasteiger partial charge is 0.335 e. The molecule has 1 unspecified atom stereocenters. The van der Waals surface area contributed by atoms with Gasteiger partial charge in [0, 0.05) is 12.6 Å². The summed E-state index contributed by atoms with van der Waals surface area (Å²) >= 11 is 0. The lowest BCUT2D eigenvalue weighted by Gasteiger charge is -2.24. The number of hydrogen-bond donors (Lipinski definition) is 2. The molecule has 2 N–H and O–H groups in total. The van der Waals surface area contributed by atoms with Gasteiger partial charge in [0.15, 0.2) is 0 Å². The third-order valence-corrected chi connectivity index (χ3v) is 2.77. The number of aromatic carboxylic acids is 1. The van der Waals surface area contributed by atoms with Crippen molar-refractivity contribution < 1.29 is 9.90 Å². The first-order valence-electron chi connectivity index (χ1n) is 6.33. The lowest BCUT2D eigenvalue weighted by atomic mass is 9.88. The maximum absolute atomic E-state index is 10.7. The summed E-state index contributed by atoms with van der Waals surface area (Å²) in [6.45, 7) is 9.64. The van der Waals surface area contributed by atoms with E-state index in [1.165, 1.54) is 0 Å². The van der Waals surface area contributed by atoms with E-state index in [1.807, 2.05) is 12.1 Å². The number of carboxylic acids is 1. The molecule has 0 fully saturated rings. The van der Waals surface area contributed by atoms with Crippen LogP contribution in [0.1, 0.15) is 50.0 Å². The van der Waals surface area contributed by atoms with Crippen LogP contribution < -0.4 is 5.32 Å². The third-order valence-electron chi connectivity index (χ3n) is 2.77.